The molecule has 0 spiro atoms. The molecule has 2 aromatic rings. The third kappa shape index (κ3) is 3.32. The summed E-state index contributed by atoms with van der Waals surface area (Å²) in [5.41, 5.74) is 0.411. The van der Waals surface area contributed by atoms with Gasteiger partial charge in [-0.2, -0.15) is 4.98 Å². The fourth-order valence-corrected chi connectivity index (χ4v) is 2.21. The fourth-order valence-electron chi connectivity index (χ4n) is 1.56. The molecule has 0 aliphatic heterocycles. The van der Waals surface area contributed by atoms with Gasteiger partial charge in [-0.15, -0.1) is 16.9 Å². The minimum atomic E-state index is -0.319. The number of nitrogens with zero attached hydrogens (tertiary/aromatic N) is 2. The number of carbonyl (C=O) groups is 1. The van der Waals surface area contributed by atoms with Crippen LogP contribution in [0.1, 0.15) is 35.9 Å². The van der Waals surface area contributed by atoms with Gasteiger partial charge in [0.05, 0.1) is 10.6 Å². The highest BCUT2D eigenvalue weighted by Gasteiger charge is 2.14. The van der Waals surface area contributed by atoms with Gasteiger partial charge in [-0.05, 0) is 24.5 Å². The van der Waals surface area contributed by atoms with Crippen molar-refractivity contribution in [2.45, 2.75) is 24.7 Å². The quantitative estimate of drug-likeness (QED) is 0.847. The lowest BCUT2D eigenvalue weighted by molar-refractivity contribution is 0.102. The molecule has 7 heteroatoms. The second-order valence-electron chi connectivity index (χ2n) is 4.50. The molecule has 0 aliphatic carbocycles. The van der Waals surface area contributed by atoms with Crippen molar-refractivity contribution < 1.29 is 4.79 Å². The SMILES string of the molecule is CSc1ccc(Cl)c(C(=O)Nc2n[nH]c(C(C)C)n2)c1. The Labute approximate surface area is 126 Å². The van der Waals surface area contributed by atoms with Crippen LogP contribution in [0.3, 0.4) is 0 Å². The molecule has 20 heavy (non-hydrogen) atoms. The summed E-state index contributed by atoms with van der Waals surface area (Å²) < 4.78 is 0. The first kappa shape index (κ1) is 14.9. The zero-order chi connectivity index (χ0) is 14.7. The average molecular weight is 311 g/mol. The zero-order valence-corrected chi connectivity index (χ0v) is 13.0. The topological polar surface area (TPSA) is 70.7 Å². The summed E-state index contributed by atoms with van der Waals surface area (Å²) in [6.45, 7) is 3.98. The lowest BCUT2D eigenvalue weighted by atomic mass is 10.2. The summed E-state index contributed by atoms with van der Waals surface area (Å²) in [4.78, 5) is 17.4. The maximum Gasteiger partial charge on any atom is 0.259 e. The van der Waals surface area contributed by atoms with E-state index in [4.69, 9.17) is 11.6 Å². The third-order valence-electron chi connectivity index (χ3n) is 2.69. The smallest absolute Gasteiger partial charge is 0.259 e. The highest BCUT2D eigenvalue weighted by Crippen LogP contribution is 2.23. The molecule has 0 saturated carbocycles. The Kier molecular flexibility index (Phi) is 4.67. The molecule has 1 aromatic heterocycles. The van der Waals surface area contributed by atoms with Crippen molar-refractivity contribution in [3.8, 4) is 0 Å². The summed E-state index contributed by atoms with van der Waals surface area (Å²) in [5, 5.41) is 9.79. The van der Waals surface area contributed by atoms with Gasteiger partial charge in [-0.1, -0.05) is 25.4 Å². The number of hydrogen-bond acceptors (Lipinski definition) is 4. The second-order valence-corrected chi connectivity index (χ2v) is 5.79. The normalized spacial score (nSPS) is 10.8. The number of aromatic amines is 1. The highest BCUT2D eigenvalue weighted by atomic mass is 35.5. The summed E-state index contributed by atoms with van der Waals surface area (Å²) >= 11 is 7.60. The molecule has 1 amide bonds. The van der Waals surface area contributed by atoms with E-state index in [2.05, 4.69) is 20.5 Å². The van der Waals surface area contributed by atoms with Crippen LogP contribution < -0.4 is 5.32 Å². The minimum absolute atomic E-state index is 0.219. The first-order chi connectivity index (χ1) is 9.51. The van der Waals surface area contributed by atoms with Crippen molar-refractivity contribution in [2.75, 3.05) is 11.6 Å². The Morgan fingerprint density at radius 2 is 2.20 bits per heavy atom. The molecule has 106 valence electrons. The molecule has 5 nitrogen and oxygen atoms in total. The van der Waals surface area contributed by atoms with Crippen molar-refractivity contribution in [1.29, 1.82) is 0 Å². The van der Waals surface area contributed by atoms with E-state index in [-0.39, 0.29) is 17.8 Å². The van der Waals surface area contributed by atoms with Gasteiger partial charge in [0.25, 0.3) is 5.91 Å². The summed E-state index contributed by atoms with van der Waals surface area (Å²) in [6, 6.07) is 5.33. The Hall–Kier alpha value is -1.53. The standard InChI is InChI=1S/C13H15ClN4OS/c1-7(2)11-15-13(18-17-11)16-12(19)9-6-8(20-3)4-5-10(9)14/h4-7H,1-3H3,(H2,15,16,17,18,19). The van der Waals surface area contributed by atoms with E-state index in [0.29, 0.717) is 10.6 Å². The number of anilines is 1. The number of amides is 1. The molecule has 0 unspecified atom stereocenters. The van der Waals surface area contributed by atoms with Crippen molar-refractivity contribution >= 4 is 35.2 Å². The number of rotatable bonds is 4. The molecule has 0 radical (unpaired) electrons. The first-order valence-corrected chi connectivity index (χ1v) is 7.68. The number of benzene rings is 1. The van der Waals surface area contributed by atoms with Gasteiger partial charge in [0.2, 0.25) is 5.95 Å². The molecular weight excluding hydrogens is 296 g/mol. The monoisotopic (exact) mass is 310 g/mol. The molecule has 1 aromatic carbocycles. The maximum absolute atomic E-state index is 12.2. The van der Waals surface area contributed by atoms with Crippen LogP contribution in [-0.4, -0.2) is 27.3 Å². The first-order valence-electron chi connectivity index (χ1n) is 6.08. The molecule has 0 bridgehead atoms. The van der Waals surface area contributed by atoms with Crippen LogP contribution in [0, 0.1) is 0 Å². The molecule has 0 fully saturated rings. The van der Waals surface area contributed by atoms with Crippen LogP contribution in [0.5, 0.6) is 0 Å². The van der Waals surface area contributed by atoms with Crippen molar-refractivity contribution in [3.63, 3.8) is 0 Å². The van der Waals surface area contributed by atoms with Gasteiger partial charge in [0, 0.05) is 10.8 Å². The molecular formula is C13H15ClN4OS. The lowest BCUT2D eigenvalue weighted by Gasteiger charge is -2.05. The molecule has 0 aliphatic rings. The van der Waals surface area contributed by atoms with Crippen LogP contribution in [-0.2, 0) is 0 Å². The van der Waals surface area contributed by atoms with E-state index >= 15 is 0 Å². The van der Waals surface area contributed by atoms with Gasteiger partial charge in [-0.25, -0.2) is 0 Å². The van der Waals surface area contributed by atoms with E-state index < -0.39 is 0 Å². The Morgan fingerprint density at radius 3 is 2.80 bits per heavy atom. The van der Waals surface area contributed by atoms with Crippen LogP contribution in [0.2, 0.25) is 5.02 Å². The van der Waals surface area contributed by atoms with Gasteiger partial charge in [-0.3, -0.25) is 15.2 Å². The van der Waals surface area contributed by atoms with Crippen LogP contribution >= 0.6 is 23.4 Å². The van der Waals surface area contributed by atoms with Gasteiger partial charge in [0.15, 0.2) is 0 Å². The van der Waals surface area contributed by atoms with E-state index in [9.17, 15) is 4.79 Å². The molecule has 0 saturated heterocycles. The van der Waals surface area contributed by atoms with E-state index in [1.165, 1.54) is 0 Å². The summed E-state index contributed by atoms with van der Waals surface area (Å²) in [5.74, 6) is 0.880. The third-order valence-corrected chi connectivity index (χ3v) is 3.75. The predicted octanol–water partition coefficient (Wildman–Crippen LogP) is 3.56. The van der Waals surface area contributed by atoms with Gasteiger partial charge < -0.3 is 0 Å². The second kappa shape index (κ2) is 6.28. The molecule has 1 heterocycles. The van der Waals surface area contributed by atoms with Crippen molar-refractivity contribution in [2.24, 2.45) is 0 Å². The molecule has 0 atom stereocenters. The van der Waals surface area contributed by atoms with Crippen LogP contribution in [0.15, 0.2) is 23.1 Å². The van der Waals surface area contributed by atoms with E-state index in [1.54, 1.807) is 23.9 Å². The van der Waals surface area contributed by atoms with Crippen molar-refractivity contribution in [3.05, 3.63) is 34.6 Å². The number of nitrogens with one attached hydrogen (secondary N) is 2. The van der Waals surface area contributed by atoms with Crippen molar-refractivity contribution in [1.82, 2.24) is 15.2 Å². The molecule has 2 N–H and O–H groups in total. The Balaban J connectivity index is 2.19. The van der Waals surface area contributed by atoms with Gasteiger partial charge >= 0.3 is 0 Å². The average Bonchev–Trinajstić information content (AvgIpc) is 2.88. The number of hydrogen-bond donors (Lipinski definition) is 2. The van der Waals surface area contributed by atoms with Crippen LogP contribution in [0.4, 0.5) is 5.95 Å². The lowest BCUT2D eigenvalue weighted by Crippen LogP contribution is -2.13. The highest BCUT2D eigenvalue weighted by molar-refractivity contribution is 7.98. The van der Waals surface area contributed by atoms with E-state index in [1.807, 2.05) is 26.2 Å². The number of aromatic nitrogens is 3. The Morgan fingerprint density at radius 1 is 1.45 bits per heavy atom. The van der Waals surface area contributed by atoms with E-state index in [0.717, 1.165) is 10.7 Å². The number of halogens is 1. The van der Waals surface area contributed by atoms with Gasteiger partial charge in [0.1, 0.15) is 5.82 Å². The fraction of sp³-hybridized carbons (Fsp3) is 0.308. The summed E-state index contributed by atoms with van der Waals surface area (Å²) in [6.07, 6.45) is 1.94. The number of H-pyrrole nitrogens is 1. The Bertz CT molecular complexity index is 627. The maximum atomic E-state index is 12.2. The van der Waals surface area contributed by atoms with Crippen LogP contribution in [0.25, 0.3) is 0 Å². The molecule has 2 rings (SSSR count). The minimum Gasteiger partial charge on any atom is -0.289 e. The number of thioether (sulfide) groups is 1. The predicted molar refractivity (Wildman–Crippen MR) is 81.7 cm³/mol. The number of carbonyl (C=O) groups excluding carboxylic acids is 1. The zero-order valence-electron chi connectivity index (χ0n) is 11.4. The summed E-state index contributed by atoms with van der Waals surface area (Å²) in [7, 11) is 0. The largest absolute Gasteiger partial charge is 0.289 e.